The number of nitrogens with zero attached hydrogens (tertiary/aromatic N) is 2. The molecule has 1 aliphatic rings. The minimum atomic E-state index is -0.110. The smallest absolute Gasteiger partial charge is 0.244 e. The average Bonchev–Trinajstić information content (AvgIpc) is 2.39. The number of likely N-dealkylation sites (N-methyl/N-ethyl adjacent to an activating group) is 1. The zero-order chi connectivity index (χ0) is 13.1. The molecule has 0 spiro atoms. The van der Waals surface area contributed by atoms with Gasteiger partial charge in [-0.25, -0.2) is 0 Å². The normalized spacial score (nSPS) is 19.7. The predicted octanol–water partition coefficient (Wildman–Crippen LogP) is 2.04. The molecule has 1 heterocycles. The molecule has 1 aromatic rings. The van der Waals surface area contributed by atoms with Gasteiger partial charge in [0, 0.05) is 11.0 Å². The van der Waals surface area contributed by atoms with Crippen molar-refractivity contribution in [3.63, 3.8) is 0 Å². The van der Waals surface area contributed by atoms with Gasteiger partial charge in [0.25, 0.3) is 0 Å². The summed E-state index contributed by atoms with van der Waals surface area (Å²) < 4.78 is 0.784. The molecule has 1 fully saturated rings. The zero-order valence-corrected chi connectivity index (χ0v) is 11.7. The molecule has 0 aliphatic carbocycles. The van der Waals surface area contributed by atoms with Crippen LogP contribution in [-0.2, 0) is 4.79 Å². The first-order valence-electron chi connectivity index (χ1n) is 5.85. The summed E-state index contributed by atoms with van der Waals surface area (Å²) in [4.78, 5) is 14.0. The highest BCUT2D eigenvalue weighted by molar-refractivity contribution is 9.10. The molecule has 4 nitrogen and oxygen atoms in total. The maximum Gasteiger partial charge on any atom is 0.244 e. The lowest BCUT2D eigenvalue weighted by Gasteiger charge is -2.32. The van der Waals surface area contributed by atoms with Crippen molar-refractivity contribution >= 4 is 27.5 Å². The van der Waals surface area contributed by atoms with Gasteiger partial charge in [-0.3, -0.25) is 4.79 Å². The fourth-order valence-electron chi connectivity index (χ4n) is 2.18. The fourth-order valence-corrected chi connectivity index (χ4v) is 2.77. The van der Waals surface area contributed by atoms with E-state index in [2.05, 4.69) is 27.3 Å². The zero-order valence-electron chi connectivity index (χ0n) is 10.1. The number of hydrogen-bond acceptors (Lipinski definition) is 3. The molecule has 1 aromatic carbocycles. The molecule has 1 atom stereocenters. The Kier molecular flexibility index (Phi) is 4.00. The topological polar surface area (TPSA) is 56.1 Å². The summed E-state index contributed by atoms with van der Waals surface area (Å²) in [5.41, 5.74) is 1.42. The predicted molar refractivity (Wildman–Crippen MR) is 73.3 cm³/mol. The number of rotatable bonds is 2. The summed E-state index contributed by atoms with van der Waals surface area (Å²) in [6.07, 6.45) is 1.85. The van der Waals surface area contributed by atoms with Crippen LogP contribution in [0.1, 0.15) is 18.4 Å². The van der Waals surface area contributed by atoms with E-state index >= 15 is 0 Å². The van der Waals surface area contributed by atoms with Gasteiger partial charge in [0.15, 0.2) is 0 Å². The Morgan fingerprint density at radius 3 is 2.94 bits per heavy atom. The molecule has 2 rings (SSSR count). The molecule has 1 N–H and O–H groups in total. The van der Waals surface area contributed by atoms with Crippen molar-refractivity contribution in [2.45, 2.75) is 18.9 Å². The first-order valence-corrected chi connectivity index (χ1v) is 6.65. The van der Waals surface area contributed by atoms with E-state index in [0.717, 1.165) is 29.5 Å². The monoisotopic (exact) mass is 307 g/mol. The first kappa shape index (κ1) is 13.1. The van der Waals surface area contributed by atoms with Gasteiger partial charge in [-0.1, -0.05) is 0 Å². The molecule has 1 saturated heterocycles. The lowest BCUT2D eigenvalue weighted by Crippen LogP contribution is -2.49. The number of carbonyl (C=O) groups is 1. The van der Waals surface area contributed by atoms with Crippen molar-refractivity contribution in [3.05, 3.63) is 28.2 Å². The minimum absolute atomic E-state index is 0.0918. The van der Waals surface area contributed by atoms with Gasteiger partial charge in [-0.15, -0.1) is 0 Å². The molecular weight excluding hydrogens is 294 g/mol. The Morgan fingerprint density at radius 2 is 2.33 bits per heavy atom. The van der Waals surface area contributed by atoms with Crippen LogP contribution in [-0.4, -0.2) is 25.5 Å². The molecule has 94 valence electrons. The van der Waals surface area contributed by atoms with E-state index in [1.165, 1.54) is 0 Å². The third-order valence-corrected chi connectivity index (χ3v) is 3.79. The highest BCUT2D eigenvalue weighted by atomic mass is 79.9. The van der Waals surface area contributed by atoms with E-state index in [0.29, 0.717) is 5.56 Å². The molecule has 0 saturated carbocycles. The fraction of sp³-hybridized carbons (Fsp3) is 0.385. The van der Waals surface area contributed by atoms with Crippen molar-refractivity contribution in [1.82, 2.24) is 5.32 Å². The Balaban J connectivity index is 2.31. The summed E-state index contributed by atoms with van der Waals surface area (Å²) in [6.45, 7) is 0.724. The highest BCUT2D eigenvalue weighted by Gasteiger charge is 2.29. The summed E-state index contributed by atoms with van der Waals surface area (Å²) >= 11 is 3.43. The van der Waals surface area contributed by atoms with Crippen LogP contribution in [0.25, 0.3) is 0 Å². The van der Waals surface area contributed by atoms with Crippen LogP contribution in [0.2, 0.25) is 0 Å². The molecule has 0 radical (unpaired) electrons. The molecule has 1 unspecified atom stereocenters. The van der Waals surface area contributed by atoms with Crippen LogP contribution in [0, 0.1) is 11.3 Å². The SMILES string of the molecule is CNC1CCCN(c2ccc(C#N)cc2Br)C1=O. The number of piperidine rings is 1. The van der Waals surface area contributed by atoms with Gasteiger partial charge < -0.3 is 10.2 Å². The number of hydrogen-bond donors (Lipinski definition) is 1. The molecule has 1 aliphatic heterocycles. The Morgan fingerprint density at radius 1 is 1.56 bits per heavy atom. The molecule has 18 heavy (non-hydrogen) atoms. The second kappa shape index (κ2) is 5.51. The van der Waals surface area contributed by atoms with E-state index in [9.17, 15) is 4.79 Å². The molecule has 5 heteroatoms. The summed E-state index contributed by atoms with van der Waals surface area (Å²) in [6, 6.07) is 7.27. The third-order valence-electron chi connectivity index (χ3n) is 3.15. The number of amides is 1. The van der Waals surface area contributed by atoms with Crippen molar-refractivity contribution in [2.75, 3.05) is 18.5 Å². The number of carbonyl (C=O) groups excluding carboxylic acids is 1. The minimum Gasteiger partial charge on any atom is -0.310 e. The maximum absolute atomic E-state index is 12.2. The Bertz CT molecular complexity index is 509. The van der Waals surface area contributed by atoms with E-state index in [4.69, 9.17) is 5.26 Å². The number of anilines is 1. The van der Waals surface area contributed by atoms with E-state index in [-0.39, 0.29) is 11.9 Å². The van der Waals surface area contributed by atoms with Crippen LogP contribution in [0.5, 0.6) is 0 Å². The van der Waals surface area contributed by atoms with Gasteiger partial charge in [-0.2, -0.15) is 5.26 Å². The number of nitriles is 1. The molecule has 0 bridgehead atoms. The summed E-state index contributed by atoms with van der Waals surface area (Å²) in [5.74, 6) is 0.0918. The Labute approximate surface area is 115 Å². The quantitative estimate of drug-likeness (QED) is 0.909. The molecule has 0 aromatic heterocycles. The Hall–Kier alpha value is -1.38. The summed E-state index contributed by atoms with van der Waals surface area (Å²) in [7, 11) is 1.81. The van der Waals surface area contributed by atoms with Gasteiger partial charge in [0.1, 0.15) is 0 Å². The van der Waals surface area contributed by atoms with Gasteiger partial charge in [-0.05, 0) is 54.0 Å². The van der Waals surface area contributed by atoms with Crippen LogP contribution < -0.4 is 10.2 Å². The average molecular weight is 308 g/mol. The number of nitrogens with one attached hydrogen (secondary N) is 1. The molecule has 1 amide bonds. The molecular formula is C13H14BrN3O. The van der Waals surface area contributed by atoms with Crippen LogP contribution in [0.3, 0.4) is 0 Å². The van der Waals surface area contributed by atoms with Crippen LogP contribution >= 0.6 is 15.9 Å². The van der Waals surface area contributed by atoms with Crippen LogP contribution in [0.4, 0.5) is 5.69 Å². The van der Waals surface area contributed by atoms with Crippen molar-refractivity contribution < 1.29 is 4.79 Å². The lowest BCUT2D eigenvalue weighted by atomic mass is 10.0. The van der Waals surface area contributed by atoms with Gasteiger partial charge >= 0.3 is 0 Å². The highest BCUT2D eigenvalue weighted by Crippen LogP contribution is 2.30. The summed E-state index contributed by atoms with van der Waals surface area (Å²) in [5, 5.41) is 11.9. The first-order chi connectivity index (χ1) is 8.67. The largest absolute Gasteiger partial charge is 0.310 e. The lowest BCUT2D eigenvalue weighted by molar-refractivity contribution is -0.121. The van der Waals surface area contributed by atoms with E-state index in [1.807, 2.05) is 6.07 Å². The third kappa shape index (κ3) is 2.40. The van der Waals surface area contributed by atoms with Crippen molar-refractivity contribution in [2.24, 2.45) is 0 Å². The van der Waals surface area contributed by atoms with Gasteiger partial charge in [0.05, 0.1) is 23.4 Å². The maximum atomic E-state index is 12.2. The van der Waals surface area contributed by atoms with E-state index < -0.39 is 0 Å². The second-order valence-corrected chi connectivity index (χ2v) is 5.11. The number of halogens is 1. The standard InChI is InChI=1S/C13H14BrN3O/c1-16-11-3-2-6-17(13(11)18)12-5-4-9(8-15)7-10(12)14/h4-5,7,11,16H,2-3,6H2,1H3. The van der Waals surface area contributed by atoms with E-state index in [1.54, 1.807) is 24.1 Å². The van der Waals surface area contributed by atoms with Gasteiger partial charge in [0.2, 0.25) is 5.91 Å². The van der Waals surface area contributed by atoms with Crippen molar-refractivity contribution in [1.29, 1.82) is 5.26 Å². The number of benzene rings is 1. The van der Waals surface area contributed by atoms with Crippen LogP contribution in [0.15, 0.2) is 22.7 Å². The second-order valence-electron chi connectivity index (χ2n) is 4.25. The van der Waals surface area contributed by atoms with Crippen molar-refractivity contribution in [3.8, 4) is 6.07 Å².